The number of phenols is 1. The van der Waals surface area contributed by atoms with E-state index in [2.05, 4.69) is 19.2 Å². The Balaban J connectivity index is 1.88. The highest BCUT2D eigenvalue weighted by atomic mass is 16.3. The molecule has 1 aliphatic carbocycles. The van der Waals surface area contributed by atoms with E-state index >= 15 is 0 Å². The standard InChI is InChI=1S/C15H23NO/c1-3-15(13-6-8-14(17)9-7-13)16-10-11(2)12-4-5-12/h6-9,11-12,15-17H,3-5,10H2,1-2H3. The van der Waals surface area contributed by atoms with Gasteiger partial charge in [0.05, 0.1) is 0 Å². The summed E-state index contributed by atoms with van der Waals surface area (Å²) in [4.78, 5) is 0. The third-order valence-electron chi connectivity index (χ3n) is 3.82. The average Bonchev–Trinajstić information content (AvgIpc) is 3.16. The van der Waals surface area contributed by atoms with Crippen LogP contribution in [0, 0.1) is 11.8 Å². The third kappa shape index (κ3) is 3.47. The minimum absolute atomic E-state index is 0.343. The van der Waals surface area contributed by atoms with E-state index in [1.807, 2.05) is 12.1 Å². The minimum atomic E-state index is 0.343. The lowest BCUT2D eigenvalue weighted by Gasteiger charge is -2.20. The highest BCUT2D eigenvalue weighted by Crippen LogP contribution is 2.36. The summed E-state index contributed by atoms with van der Waals surface area (Å²) in [6.07, 6.45) is 3.92. The van der Waals surface area contributed by atoms with Gasteiger partial charge in [0.25, 0.3) is 0 Å². The Bertz CT molecular complexity index is 342. The Morgan fingerprint density at radius 1 is 1.29 bits per heavy atom. The molecule has 94 valence electrons. The zero-order chi connectivity index (χ0) is 12.3. The monoisotopic (exact) mass is 233 g/mol. The molecule has 1 fully saturated rings. The van der Waals surface area contributed by atoms with Crippen molar-refractivity contribution >= 4 is 0 Å². The van der Waals surface area contributed by atoms with Crippen molar-refractivity contribution in [3.63, 3.8) is 0 Å². The molecule has 17 heavy (non-hydrogen) atoms. The second-order valence-corrected chi connectivity index (χ2v) is 5.28. The van der Waals surface area contributed by atoms with Crippen molar-refractivity contribution in [1.29, 1.82) is 0 Å². The fourth-order valence-corrected chi connectivity index (χ4v) is 2.36. The second kappa shape index (κ2) is 5.54. The molecule has 0 aliphatic heterocycles. The quantitative estimate of drug-likeness (QED) is 0.788. The maximum atomic E-state index is 9.29. The van der Waals surface area contributed by atoms with E-state index in [1.165, 1.54) is 18.4 Å². The summed E-state index contributed by atoms with van der Waals surface area (Å²) in [6, 6.07) is 7.97. The molecule has 2 rings (SSSR count). The zero-order valence-corrected chi connectivity index (χ0v) is 10.8. The summed E-state index contributed by atoms with van der Waals surface area (Å²) in [5.41, 5.74) is 1.27. The molecule has 1 saturated carbocycles. The van der Waals surface area contributed by atoms with Crippen LogP contribution in [0.2, 0.25) is 0 Å². The molecular formula is C15H23NO. The van der Waals surface area contributed by atoms with Crippen LogP contribution in [-0.2, 0) is 0 Å². The normalized spacial score (nSPS) is 18.9. The van der Waals surface area contributed by atoms with Gasteiger partial charge in [-0.25, -0.2) is 0 Å². The Morgan fingerprint density at radius 3 is 2.47 bits per heavy atom. The summed E-state index contributed by atoms with van der Waals surface area (Å²) in [7, 11) is 0. The van der Waals surface area contributed by atoms with E-state index in [1.54, 1.807) is 12.1 Å². The molecule has 0 aromatic heterocycles. The van der Waals surface area contributed by atoms with Crippen LogP contribution < -0.4 is 5.32 Å². The molecule has 2 nitrogen and oxygen atoms in total. The van der Waals surface area contributed by atoms with E-state index in [0.717, 1.165) is 24.8 Å². The van der Waals surface area contributed by atoms with E-state index in [4.69, 9.17) is 0 Å². The third-order valence-corrected chi connectivity index (χ3v) is 3.82. The molecule has 1 aromatic carbocycles. The lowest BCUT2D eigenvalue weighted by atomic mass is 10.0. The Labute approximate surface area is 104 Å². The first kappa shape index (κ1) is 12.4. The van der Waals surface area contributed by atoms with Gasteiger partial charge in [0.2, 0.25) is 0 Å². The predicted octanol–water partition coefficient (Wildman–Crippen LogP) is 3.48. The summed E-state index contributed by atoms with van der Waals surface area (Å²) in [6.45, 7) is 5.64. The first-order valence-electron chi connectivity index (χ1n) is 6.73. The topological polar surface area (TPSA) is 32.3 Å². The van der Waals surface area contributed by atoms with Crippen LogP contribution >= 0.6 is 0 Å². The van der Waals surface area contributed by atoms with Crippen LogP contribution in [0.3, 0.4) is 0 Å². The van der Waals surface area contributed by atoms with Gasteiger partial charge >= 0.3 is 0 Å². The minimum Gasteiger partial charge on any atom is -0.508 e. The Kier molecular flexibility index (Phi) is 4.06. The van der Waals surface area contributed by atoms with Crippen molar-refractivity contribution in [2.45, 2.75) is 39.2 Å². The summed E-state index contributed by atoms with van der Waals surface area (Å²) >= 11 is 0. The van der Waals surface area contributed by atoms with Crippen LogP contribution in [0.15, 0.2) is 24.3 Å². The number of benzene rings is 1. The van der Waals surface area contributed by atoms with Crippen LogP contribution in [0.25, 0.3) is 0 Å². The zero-order valence-electron chi connectivity index (χ0n) is 10.8. The van der Waals surface area contributed by atoms with Crippen molar-refractivity contribution < 1.29 is 5.11 Å². The molecule has 0 radical (unpaired) electrons. The van der Waals surface area contributed by atoms with Crippen molar-refractivity contribution in [2.75, 3.05) is 6.54 Å². The molecule has 1 aliphatic rings. The van der Waals surface area contributed by atoms with Crippen molar-refractivity contribution in [1.82, 2.24) is 5.32 Å². The number of aromatic hydroxyl groups is 1. The SMILES string of the molecule is CCC(NCC(C)C1CC1)c1ccc(O)cc1. The molecular weight excluding hydrogens is 210 g/mol. The van der Waals surface area contributed by atoms with Gasteiger partial charge in [0.15, 0.2) is 0 Å². The molecule has 0 amide bonds. The van der Waals surface area contributed by atoms with Gasteiger partial charge in [-0.15, -0.1) is 0 Å². The largest absolute Gasteiger partial charge is 0.508 e. The van der Waals surface area contributed by atoms with Crippen LogP contribution in [-0.4, -0.2) is 11.7 Å². The van der Waals surface area contributed by atoms with Crippen molar-refractivity contribution in [3.05, 3.63) is 29.8 Å². The number of nitrogens with one attached hydrogen (secondary N) is 1. The van der Waals surface area contributed by atoms with Gasteiger partial charge in [-0.2, -0.15) is 0 Å². The first-order chi connectivity index (χ1) is 8.20. The number of hydrogen-bond acceptors (Lipinski definition) is 2. The second-order valence-electron chi connectivity index (χ2n) is 5.28. The molecule has 0 saturated heterocycles. The van der Waals surface area contributed by atoms with Crippen molar-refractivity contribution in [3.8, 4) is 5.75 Å². The van der Waals surface area contributed by atoms with E-state index < -0.39 is 0 Å². The van der Waals surface area contributed by atoms with Crippen LogP contribution in [0.5, 0.6) is 5.75 Å². The molecule has 0 bridgehead atoms. The van der Waals surface area contributed by atoms with Crippen LogP contribution in [0.4, 0.5) is 0 Å². The highest BCUT2D eigenvalue weighted by Gasteiger charge is 2.27. The van der Waals surface area contributed by atoms with E-state index in [9.17, 15) is 5.11 Å². The van der Waals surface area contributed by atoms with Gasteiger partial charge in [-0.05, 0) is 55.3 Å². The predicted molar refractivity (Wildman–Crippen MR) is 71.0 cm³/mol. The Morgan fingerprint density at radius 2 is 1.94 bits per heavy atom. The van der Waals surface area contributed by atoms with Gasteiger partial charge in [-0.3, -0.25) is 0 Å². The van der Waals surface area contributed by atoms with E-state index in [0.29, 0.717) is 11.8 Å². The molecule has 2 unspecified atom stereocenters. The molecule has 2 heteroatoms. The Hall–Kier alpha value is -1.02. The van der Waals surface area contributed by atoms with Gasteiger partial charge in [0.1, 0.15) is 5.75 Å². The molecule has 2 atom stereocenters. The fourth-order valence-electron chi connectivity index (χ4n) is 2.36. The highest BCUT2D eigenvalue weighted by molar-refractivity contribution is 5.27. The maximum Gasteiger partial charge on any atom is 0.115 e. The summed E-state index contributed by atoms with van der Waals surface area (Å²) in [5.74, 6) is 2.09. The van der Waals surface area contributed by atoms with Gasteiger partial charge in [-0.1, -0.05) is 26.0 Å². The lowest BCUT2D eigenvalue weighted by Crippen LogP contribution is -2.26. The molecule has 1 aromatic rings. The number of rotatable bonds is 6. The number of hydrogen-bond donors (Lipinski definition) is 2. The maximum absolute atomic E-state index is 9.29. The fraction of sp³-hybridized carbons (Fsp3) is 0.600. The molecule has 2 N–H and O–H groups in total. The smallest absolute Gasteiger partial charge is 0.115 e. The first-order valence-corrected chi connectivity index (χ1v) is 6.73. The lowest BCUT2D eigenvalue weighted by molar-refractivity contribution is 0.413. The van der Waals surface area contributed by atoms with E-state index in [-0.39, 0.29) is 0 Å². The van der Waals surface area contributed by atoms with Gasteiger partial charge in [0, 0.05) is 6.04 Å². The number of phenolic OH excluding ortho intramolecular Hbond substituents is 1. The molecule has 0 spiro atoms. The van der Waals surface area contributed by atoms with Crippen LogP contribution in [0.1, 0.15) is 44.7 Å². The summed E-state index contributed by atoms with van der Waals surface area (Å²) < 4.78 is 0. The average molecular weight is 233 g/mol. The van der Waals surface area contributed by atoms with Crippen molar-refractivity contribution in [2.24, 2.45) is 11.8 Å². The van der Waals surface area contributed by atoms with Gasteiger partial charge < -0.3 is 10.4 Å². The summed E-state index contributed by atoms with van der Waals surface area (Å²) in [5, 5.41) is 12.9. The molecule has 0 heterocycles.